The molecule has 130 valence electrons. The maximum absolute atomic E-state index is 11.8. The third kappa shape index (κ3) is 2.01. The monoisotopic (exact) mass is 364 g/mol. The minimum Gasteiger partial charge on any atom is -0.259 e. The normalized spacial score (nSPS) is 23.7. The van der Waals surface area contributed by atoms with Gasteiger partial charge in [-0.25, -0.2) is 14.6 Å². The van der Waals surface area contributed by atoms with Gasteiger partial charge in [-0.3, -0.25) is 9.19 Å². The van der Waals surface area contributed by atoms with Crippen molar-refractivity contribution in [1.29, 1.82) is 5.26 Å². The molecule has 0 N–H and O–H groups in total. The Balaban J connectivity index is 1.67. The molecule has 2 aliphatic rings. The standard InChI is InChI=1S/C18H16N6OS/c1-11-22-15(6-16(23-11)26(2)25)24-13-5-14(20-7-12(13)8-21-24)18(10-19)9-17(18)3-4-17/h5-8H,3-4,9H2,1-2H3. The summed E-state index contributed by atoms with van der Waals surface area (Å²) < 4.78 is 13.5. The Morgan fingerprint density at radius 2 is 2.08 bits per heavy atom. The molecular formula is C18H16N6OS. The SMILES string of the molecule is Cc1nc(-n2ncc3cnc(C4(C#N)CC45CC5)cc32)cc(S(C)=O)n1. The zero-order valence-electron chi connectivity index (χ0n) is 14.4. The molecule has 7 nitrogen and oxygen atoms in total. The molecule has 0 bridgehead atoms. The van der Waals surface area contributed by atoms with Gasteiger partial charge < -0.3 is 0 Å². The smallest absolute Gasteiger partial charge is 0.158 e. The van der Waals surface area contributed by atoms with E-state index in [0.29, 0.717) is 16.7 Å². The largest absolute Gasteiger partial charge is 0.259 e. The fourth-order valence-corrected chi connectivity index (χ4v) is 4.44. The van der Waals surface area contributed by atoms with Crippen LogP contribution in [0.4, 0.5) is 0 Å². The Morgan fingerprint density at radius 3 is 2.73 bits per heavy atom. The lowest BCUT2D eigenvalue weighted by Crippen LogP contribution is -2.11. The molecule has 8 heteroatoms. The molecule has 3 aromatic rings. The number of hydrogen-bond donors (Lipinski definition) is 0. The van der Waals surface area contributed by atoms with E-state index in [1.807, 2.05) is 6.07 Å². The molecule has 2 atom stereocenters. The minimum absolute atomic E-state index is 0.158. The number of nitriles is 1. The summed E-state index contributed by atoms with van der Waals surface area (Å²) in [6, 6.07) is 6.16. The van der Waals surface area contributed by atoms with E-state index in [-0.39, 0.29) is 5.41 Å². The van der Waals surface area contributed by atoms with Crippen molar-refractivity contribution in [3.8, 4) is 11.9 Å². The van der Waals surface area contributed by atoms with E-state index in [2.05, 4.69) is 26.1 Å². The summed E-state index contributed by atoms with van der Waals surface area (Å²) in [4.78, 5) is 13.2. The lowest BCUT2D eigenvalue weighted by Gasteiger charge is -2.09. The van der Waals surface area contributed by atoms with Gasteiger partial charge in [0, 0.05) is 23.9 Å². The fraction of sp³-hybridized carbons (Fsp3) is 0.389. The number of fused-ring (bicyclic) bond motifs is 1. The summed E-state index contributed by atoms with van der Waals surface area (Å²) in [6.45, 7) is 1.77. The van der Waals surface area contributed by atoms with E-state index in [9.17, 15) is 9.47 Å². The van der Waals surface area contributed by atoms with E-state index >= 15 is 0 Å². The first-order valence-electron chi connectivity index (χ1n) is 8.43. The van der Waals surface area contributed by atoms with Gasteiger partial charge in [0.25, 0.3) is 0 Å². The predicted octanol–water partition coefficient (Wildman–Crippen LogP) is 2.20. The summed E-state index contributed by atoms with van der Waals surface area (Å²) in [5.41, 5.74) is 1.37. The zero-order valence-corrected chi connectivity index (χ0v) is 15.2. The molecule has 0 aliphatic heterocycles. The van der Waals surface area contributed by atoms with Gasteiger partial charge in [-0.2, -0.15) is 10.4 Å². The summed E-state index contributed by atoms with van der Waals surface area (Å²) >= 11 is 0. The number of rotatable bonds is 3. The van der Waals surface area contributed by atoms with Gasteiger partial charge >= 0.3 is 0 Å². The van der Waals surface area contributed by atoms with Crippen molar-refractivity contribution in [3.05, 3.63) is 36.0 Å². The predicted molar refractivity (Wildman–Crippen MR) is 95.1 cm³/mol. The van der Waals surface area contributed by atoms with Crippen LogP contribution in [0.2, 0.25) is 0 Å². The first-order valence-corrected chi connectivity index (χ1v) is 9.99. The molecule has 26 heavy (non-hydrogen) atoms. The van der Waals surface area contributed by atoms with Crippen LogP contribution < -0.4 is 0 Å². The van der Waals surface area contributed by atoms with Gasteiger partial charge in [0.2, 0.25) is 0 Å². The Hall–Kier alpha value is -2.66. The molecule has 0 saturated heterocycles. The van der Waals surface area contributed by atoms with Crippen LogP contribution in [-0.4, -0.2) is 35.2 Å². The molecule has 1 spiro atoms. The highest BCUT2D eigenvalue weighted by Crippen LogP contribution is 2.78. The lowest BCUT2D eigenvalue weighted by atomic mass is 9.98. The summed E-state index contributed by atoms with van der Waals surface area (Å²) in [5, 5.41) is 15.5. The Morgan fingerprint density at radius 1 is 1.27 bits per heavy atom. The zero-order chi connectivity index (χ0) is 18.1. The summed E-state index contributed by atoms with van der Waals surface area (Å²) in [5.74, 6) is 1.11. The molecule has 0 radical (unpaired) electrons. The van der Waals surface area contributed by atoms with Crippen LogP contribution in [0.25, 0.3) is 16.7 Å². The van der Waals surface area contributed by atoms with E-state index in [0.717, 1.165) is 35.9 Å². The molecule has 0 amide bonds. The Bertz CT molecular complexity index is 1140. The van der Waals surface area contributed by atoms with Crippen LogP contribution in [0.1, 0.15) is 30.8 Å². The van der Waals surface area contributed by atoms with Crippen molar-refractivity contribution in [1.82, 2.24) is 24.7 Å². The number of pyridine rings is 1. The second kappa shape index (κ2) is 4.95. The molecule has 2 saturated carbocycles. The van der Waals surface area contributed by atoms with Crippen LogP contribution in [0.3, 0.4) is 0 Å². The number of hydrogen-bond acceptors (Lipinski definition) is 6. The van der Waals surface area contributed by atoms with Gasteiger partial charge in [-0.05, 0) is 37.7 Å². The third-order valence-electron chi connectivity index (χ3n) is 5.63. The quantitative estimate of drug-likeness (QED) is 0.661. The molecule has 2 fully saturated rings. The molecule has 3 aromatic heterocycles. The van der Waals surface area contributed by atoms with Crippen molar-refractivity contribution >= 4 is 21.7 Å². The number of aromatic nitrogens is 5. The highest BCUT2D eigenvalue weighted by molar-refractivity contribution is 7.84. The maximum atomic E-state index is 11.8. The van der Waals surface area contributed by atoms with E-state index in [1.165, 1.54) is 0 Å². The molecule has 5 rings (SSSR count). The molecule has 2 aliphatic carbocycles. The van der Waals surface area contributed by atoms with Crippen LogP contribution in [-0.2, 0) is 16.2 Å². The van der Waals surface area contributed by atoms with Crippen molar-refractivity contribution in [3.63, 3.8) is 0 Å². The lowest BCUT2D eigenvalue weighted by molar-refractivity contribution is 0.682. The topological polar surface area (TPSA) is 97.4 Å². The van der Waals surface area contributed by atoms with Crippen molar-refractivity contribution in [2.75, 3.05) is 6.26 Å². The van der Waals surface area contributed by atoms with Crippen molar-refractivity contribution in [2.24, 2.45) is 5.41 Å². The molecule has 3 heterocycles. The van der Waals surface area contributed by atoms with E-state index < -0.39 is 16.2 Å². The first-order chi connectivity index (χ1) is 12.5. The van der Waals surface area contributed by atoms with Crippen molar-refractivity contribution < 1.29 is 4.21 Å². The summed E-state index contributed by atoms with van der Waals surface area (Å²) in [6.07, 6.45) is 8.20. The average molecular weight is 364 g/mol. The second-order valence-electron chi connectivity index (χ2n) is 7.22. The third-order valence-corrected chi connectivity index (χ3v) is 6.43. The van der Waals surface area contributed by atoms with Crippen LogP contribution in [0.15, 0.2) is 29.6 Å². The van der Waals surface area contributed by atoms with E-state index in [4.69, 9.17) is 0 Å². The number of aryl methyl sites for hydroxylation is 1. The molecule has 2 unspecified atom stereocenters. The first kappa shape index (κ1) is 15.6. The van der Waals surface area contributed by atoms with Crippen LogP contribution in [0.5, 0.6) is 0 Å². The Kier molecular flexibility index (Phi) is 2.97. The fourth-order valence-electron chi connectivity index (χ4n) is 3.91. The highest BCUT2D eigenvalue weighted by atomic mass is 32.2. The second-order valence-corrected chi connectivity index (χ2v) is 8.55. The minimum atomic E-state index is -1.20. The maximum Gasteiger partial charge on any atom is 0.158 e. The number of nitrogens with zero attached hydrogens (tertiary/aromatic N) is 6. The van der Waals surface area contributed by atoms with Crippen molar-refractivity contribution in [2.45, 2.75) is 36.6 Å². The van der Waals surface area contributed by atoms with Gasteiger partial charge in [0.05, 0.1) is 34.3 Å². The molecule has 0 aromatic carbocycles. The van der Waals surface area contributed by atoms with Gasteiger partial charge in [-0.1, -0.05) is 0 Å². The summed E-state index contributed by atoms with van der Waals surface area (Å²) in [7, 11) is -1.20. The van der Waals surface area contributed by atoms with Crippen LogP contribution >= 0.6 is 0 Å². The molecular weight excluding hydrogens is 348 g/mol. The van der Waals surface area contributed by atoms with Gasteiger partial charge in [0.1, 0.15) is 16.3 Å². The van der Waals surface area contributed by atoms with Gasteiger partial charge in [-0.15, -0.1) is 0 Å². The van der Waals surface area contributed by atoms with Crippen LogP contribution in [0, 0.1) is 23.7 Å². The Labute approximate surface area is 152 Å². The van der Waals surface area contributed by atoms with Gasteiger partial charge in [0.15, 0.2) is 5.82 Å². The average Bonchev–Trinajstić information content (AvgIpc) is 3.50. The highest BCUT2D eigenvalue weighted by Gasteiger charge is 2.76. The van der Waals surface area contributed by atoms with E-state index in [1.54, 1.807) is 36.3 Å².